The van der Waals surface area contributed by atoms with Crippen molar-refractivity contribution in [2.24, 2.45) is 0 Å². The van der Waals surface area contributed by atoms with Gasteiger partial charge in [0.15, 0.2) is 18.7 Å². The minimum Gasteiger partial charge on any atom is -0.462 e. The van der Waals surface area contributed by atoms with Crippen LogP contribution < -0.4 is 0 Å². The van der Waals surface area contributed by atoms with Crippen molar-refractivity contribution in [3.63, 3.8) is 0 Å². The molecule has 11 atom stereocenters. The van der Waals surface area contributed by atoms with Crippen LogP contribution >= 0.6 is 0 Å². The number of carbonyl (C=O) groups is 2. The van der Waals surface area contributed by atoms with Crippen LogP contribution in [0.5, 0.6) is 0 Å². The molecule has 0 radical (unpaired) electrons. The summed E-state index contributed by atoms with van der Waals surface area (Å²) >= 11 is 0. The van der Waals surface area contributed by atoms with Gasteiger partial charge < -0.3 is 64.2 Å². The Morgan fingerprint density at radius 2 is 0.922 bits per heavy atom. The first kappa shape index (κ1) is 58.4. The lowest BCUT2D eigenvalue weighted by atomic mass is 9.98. The fraction of sp³-hybridized carbons (Fsp3) is 0.918. The van der Waals surface area contributed by atoms with Gasteiger partial charge in [0, 0.05) is 12.8 Å². The van der Waals surface area contributed by atoms with E-state index in [1.165, 1.54) is 116 Å². The zero-order chi connectivity index (χ0) is 46.8. The number of esters is 2. The van der Waals surface area contributed by atoms with Gasteiger partial charge in [-0.05, 0) is 25.7 Å². The van der Waals surface area contributed by atoms with E-state index >= 15 is 0 Å². The molecule has 15 nitrogen and oxygen atoms in total. The highest BCUT2D eigenvalue weighted by Crippen LogP contribution is 2.26. The van der Waals surface area contributed by atoms with E-state index in [1.54, 1.807) is 0 Å². The van der Waals surface area contributed by atoms with E-state index in [-0.39, 0.29) is 26.1 Å². The lowest BCUT2D eigenvalue weighted by Gasteiger charge is -2.42. The molecule has 15 heteroatoms. The molecule has 7 N–H and O–H groups in total. The van der Waals surface area contributed by atoms with Gasteiger partial charge >= 0.3 is 11.9 Å². The van der Waals surface area contributed by atoms with Gasteiger partial charge in [-0.1, -0.05) is 161 Å². The number of unbranched alkanes of at least 4 members (excludes halogenated alkanes) is 25. The Morgan fingerprint density at radius 1 is 0.516 bits per heavy atom. The Balaban J connectivity index is 1.81. The average molecular weight is 919 g/mol. The zero-order valence-corrected chi connectivity index (χ0v) is 39.4. The number of aliphatic hydroxyl groups is 7. The number of hydrogen-bond donors (Lipinski definition) is 7. The molecule has 2 rings (SSSR count). The Bertz CT molecular complexity index is 1160. The van der Waals surface area contributed by atoms with E-state index in [1.807, 2.05) is 6.08 Å². The number of carbonyl (C=O) groups excluding carboxylic acids is 2. The minimum atomic E-state index is -1.76. The van der Waals surface area contributed by atoms with Crippen LogP contribution in [0.4, 0.5) is 0 Å². The van der Waals surface area contributed by atoms with Crippen molar-refractivity contribution in [1.29, 1.82) is 0 Å². The molecule has 2 heterocycles. The van der Waals surface area contributed by atoms with Crippen molar-refractivity contribution < 1.29 is 73.8 Å². The van der Waals surface area contributed by atoms with Gasteiger partial charge in [-0.25, -0.2) is 0 Å². The molecule has 0 saturated carbocycles. The van der Waals surface area contributed by atoms with E-state index in [0.717, 1.165) is 44.9 Å². The molecule has 0 aliphatic carbocycles. The summed E-state index contributed by atoms with van der Waals surface area (Å²) in [5, 5.41) is 72.0. The SMILES string of the molecule is C=CCCCCCCCCCCCCCCCC(=O)O[C@H](COC(=O)CCCCCCCCCCCCCCC)CO[C@@H]1O[C@H](CO[C@@H]2O[C@H](CO)[C@H](O)C(O)C2O)[C@H](O)C(O)C1O. The highest BCUT2D eigenvalue weighted by Gasteiger charge is 2.47. The lowest BCUT2D eigenvalue weighted by molar-refractivity contribution is -0.332. The molecule has 2 saturated heterocycles. The van der Waals surface area contributed by atoms with E-state index in [0.29, 0.717) is 12.8 Å². The summed E-state index contributed by atoms with van der Waals surface area (Å²) in [5.41, 5.74) is 0. The predicted octanol–water partition coefficient (Wildman–Crippen LogP) is 6.60. The van der Waals surface area contributed by atoms with Gasteiger partial charge in [0.2, 0.25) is 0 Å². The highest BCUT2D eigenvalue weighted by atomic mass is 16.7. The maximum absolute atomic E-state index is 13.0. The summed E-state index contributed by atoms with van der Waals surface area (Å²) in [6.45, 7) is 4.14. The average Bonchev–Trinajstić information content (AvgIpc) is 3.29. The monoisotopic (exact) mass is 919 g/mol. The molecule has 0 aromatic heterocycles. The second-order valence-electron chi connectivity index (χ2n) is 18.1. The van der Waals surface area contributed by atoms with Gasteiger partial charge in [-0.15, -0.1) is 6.58 Å². The molecular weight excluding hydrogens is 829 g/mol. The summed E-state index contributed by atoms with van der Waals surface area (Å²) in [4.78, 5) is 25.7. The summed E-state index contributed by atoms with van der Waals surface area (Å²) in [5.74, 6) is -0.918. The molecular formula is C49H90O15. The third kappa shape index (κ3) is 25.4. The fourth-order valence-corrected chi connectivity index (χ4v) is 8.20. The van der Waals surface area contributed by atoms with Crippen LogP contribution in [0.1, 0.15) is 193 Å². The third-order valence-electron chi connectivity index (χ3n) is 12.4. The zero-order valence-electron chi connectivity index (χ0n) is 39.4. The Kier molecular flexibility index (Phi) is 34.0. The standard InChI is InChI=1S/C49H90O15/c1-3-5-7-9-11-13-15-17-18-20-22-24-26-28-30-32-41(52)62-37(34-59-40(51)31-29-27-25-23-21-19-16-14-12-10-8-6-4-2)35-60-48-47(58)45(56)43(54)39(64-48)36-61-49-46(57)44(55)42(53)38(33-50)63-49/h3,37-39,42-50,53-58H,1,4-36H2,2H3/t37-,38-,39-,42+,43+,44?,45?,46?,47?,48-,49-/m1/s1. The fourth-order valence-electron chi connectivity index (χ4n) is 8.20. The second kappa shape index (κ2) is 37.2. The van der Waals surface area contributed by atoms with Crippen LogP contribution in [-0.4, -0.2) is 142 Å². The van der Waals surface area contributed by atoms with Crippen molar-refractivity contribution in [3.8, 4) is 0 Å². The number of ether oxygens (including phenoxy) is 6. The molecule has 0 bridgehead atoms. The molecule has 0 spiro atoms. The van der Waals surface area contributed by atoms with Crippen LogP contribution in [0.2, 0.25) is 0 Å². The smallest absolute Gasteiger partial charge is 0.306 e. The molecule has 2 fully saturated rings. The predicted molar refractivity (Wildman–Crippen MR) is 243 cm³/mol. The molecule has 64 heavy (non-hydrogen) atoms. The maximum atomic E-state index is 13.0. The Morgan fingerprint density at radius 3 is 1.39 bits per heavy atom. The largest absolute Gasteiger partial charge is 0.462 e. The van der Waals surface area contributed by atoms with Gasteiger partial charge in [0.25, 0.3) is 0 Å². The van der Waals surface area contributed by atoms with Gasteiger partial charge in [-0.2, -0.15) is 0 Å². The first-order valence-corrected chi connectivity index (χ1v) is 25.2. The minimum absolute atomic E-state index is 0.168. The van der Waals surface area contributed by atoms with Crippen LogP contribution in [-0.2, 0) is 38.0 Å². The number of rotatable bonds is 40. The molecule has 0 aromatic carbocycles. The summed E-state index contributed by atoms with van der Waals surface area (Å²) in [6.07, 6.45) is 17.0. The first-order chi connectivity index (χ1) is 31.0. The highest BCUT2D eigenvalue weighted by molar-refractivity contribution is 5.70. The number of aliphatic hydroxyl groups excluding tert-OH is 7. The normalized spacial score (nSPS) is 26.4. The molecule has 2 aliphatic rings. The summed E-state index contributed by atoms with van der Waals surface area (Å²) < 4.78 is 33.6. The van der Waals surface area contributed by atoms with Crippen LogP contribution in [0, 0.1) is 0 Å². The van der Waals surface area contributed by atoms with Crippen LogP contribution in [0.3, 0.4) is 0 Å². The van der Waals surface area contributed by atoms with Crippen LogP contribution in [0.25, 0.3) is 0 Å². The quantitative estimate of drug-likeness (QED) is 0.0195. The van der Waals surface area contributed by atoms with Gasteiger partial charge in [0.05, 0.1) is 19.8 Å². The number of allylic oxidation sites excluding steroid dienone is 1. The Hall–Kier alpha value is -1.76. The van der Waals surface area contributed by atoms with Crippen molar-refractivity contribution in [2.45, 2.75) is 261 Å². The molecule has 376 valence electrons. The second-order valence-corrected chi connectivity index (χ2v) is 18.1. The topological polar surface area (TPSA) is 231 Å². The lowest BCUT2D eigenvalue weighted by Crippen LogP contribution is -2.61. The molecule has 4 unspecified atom stereocenters. The molecule has 0 amide bonds. The summed E-state index contributed by atoms with van der Waals surface area (Å²) in [6, 6.07) is 0. The first-order valence-electron chi connectivity index (χ1n) is 25.2. The van der Waals surface area contributed by atoms with E-state index in [9.17, 15) is 45.3 Å². The van der Waals surface area contributed by atoms with E-state index in [4.69, 9.17) is 28.4 Å². The van der Waals surface area contributed by atoms with Crippen LogP contribution in [0.15, 0.2) is 12.7 Å². The maximum Gasteiger partial charge on any atom is 0.306 e. The molecule has 0 aromatic rings. The van der Waals surface area contributed by atoms with Crippen molar-refractivity contribution in [3.05, 3.63) is 12.7 Å². The summed E-state index contributed by atoms with van der Waals surface area (Å²) in [7, 11) is 0. The van der Waals surface area contributed by atoms with E-state index < -0.39 is 92.7 Å². The van der Waals surface area contributed by atoms with Crippen molar-refractivity contribution >= 4 is 11.9 Å². The van der Waals surface area contributed by atoms with E-state index in [2.05, 4.69) is 13.5 Å². The number of hydrogen-bond acceptors (Lipinski definition) is 15. The van der Waals surface area contributed by atoms with Crippen molar-refractivity contribution in [1.82, 2.24) is 0 Å². The third-order valence-corrected chi connectivity index (χ3v) is 12.4. The van der Waals surface area contributed by atoms with Gasteiger partial charge in [-0.3, -0.25) is 9.59 Å². The Labute approximate surface area is 384 Å². The molecule has 2 aliphatic heterocycles. The van der Waals surface area contributed by atoms with Gasteiger partial charge in [0.1, 0.15) is 55.4 Å². The van der Waals surface area contributed by atoms with Crippen molar-refractivity contribution in [2.75, 3.05) is 26.4 Å².